The fraction of sp³-hybridized carbons (Fsp3) is 1.00. The lowest BCUT2D eigenvalue weighted by molar-refractivity contribution is -0.0833. The Kier molecular flexibility index (Phi) is 6.70. The predicted octanol–water partition coefficient (Wildman–Crippen LogP) is 5.17. The van der Waals surface area contributed by atoms with E-state index in [1.807, 2.05) is 0 Å². The molecule has 0 aliphatic heterocycles. The van der Waals surface area contributed by atoms with Crippen LogP contribution in [0.15, 0.2) is 0 Å². The Morgan fingerprint density at radius 2 is 1.94 bits per heavy atom. The fourth-order valence-corrected chi connectivity index (χ4v) is 3.90. The molecule has 0 saturated heterocycles. The Balaban J connectivity index is 2.63. The zero-order valence-electron chi connectivity index (χ0n) is 13.0. The highest BCUT2D eigenvalue weighted by atomic mass is 16.3. The zero-order chi connectivity index (χ0) is 13.6. The molecule has 0 spiro atoms. The van der Waals surface area contributed by atoms with E-state index in [0.29, 0.717) is 11.8 Å². The molecule has 0 amide bonds. The first-order valence-corrected chi connectivity index (χ1v) is 8.25. The van der Waals surface area contributed by atoms with Gasteiger partial charge in [-0.05, 0) is 37.0 Å². The molecule has 0 aromatic carbocycles. The molecule has 0 aromatic rings. The normalized spacial score (nSPS) is 30.7. The largest absolute Gasteiger partial charge is 0.390 e. The van der Waals surface area contributed by atoms with E-state index in [1.165, 1.54) is 44.9 Å². The second-order valence-electron chi connectivity index (χ2n) is 6.82. The minimum atomic E-state index is -0.360. The summed E-state index contributed by atoms with van der Waals surface area (Å²) in [5.74, 6) is 1.88. The molecule has 0 aromatic heterocycles. The van der Waals surface area contributed by atoms with Crippen molar-refractivity contribution >= 4 is 0 Å². The van der Waals surface area contributed by atoms with Gasteiger partial charge in [0.1, 0.15) is 0 Å². The average Bonchev–Trinajstić information content (AvgIpc) is 2.34. The first kappa shape index (κ1) is 16.0. The van der Waals surface area contributed by atoms with Crippen LogP contribution in [-0.2, 0) is 0 Å². The van der Waals surface area contributed by atoms with Crippen LogP contribution in [0.1, 0.15) is 85.5 Å². The third kappa shape index (κ3) is 4.26. The van der Waals surface area contributed by atoms with Gasteiger partial charge in [0.2, 0.25) is 0 Å². The van der Waals surface area contributed by atoms with Crippen molar-refractivity contribution in [3.05, 3.63) is 0 Å². The van der Waals surface area contributed by atoms with Gasteiger partial charge in [0.05, 0.1) is 5.60 Å². The summed E-state index contributed by atoms with van der Waals surface area (Å²) in [4.78, 5) is 0. The van der Waals surface area contributed by atoms with Crippen molar-refractivity contribution in [1.29, 1.82) is 0 Å². The lowest BCUT2D eigenvalue weighted by Gasteiger charge is -2.44. The summed E-state index contributed by atoms with van der Waals surface area (Å²) in [6.45, 7) is 9.12. The molecule has 18 heavy (non-hydrogen) atoms. The molecule has 0 bridgehead atoms. The zero-order valence-corrected chi connectivity index (χ0v) is 13.0. The van der Waals surface area contributed by atoms with Crippen molar-refractivity contribution in [2.24, 2.45) is 17.8 Å². The molecule has 0 radical (unpaired) electrons. The van der Waals surface area contributed by atoms with Crippen molar-refractivity contribution in [2.75, 3.05) is 0 Å². The molecule has 1 aliphatic carbocycles. The summed E-state index contributed by atoms with van der Waals surface area (Å²) in [7, 11) is 0. The summed E-state index contributed by atoms with van der Waals surface area (Å²) >= 11 is 0. The summed E-state index contributed by atoms with van der Waals surface area (Å²) in [6, 6.07) is 0. The van der Waals surface area contributed by atoms with Crippen molar-refractivity contribution in [1.82, 2.24) is 0 Å². The van der Waals surface area contributed by atoms with Crippen LogP contribution in [0.3, 0.4) is 0 Å². The quantitative estimate of drug-likeness (QED) is 0.664. The highest BCUT2D eigenvalue weighted by Crippen LogP contribution is 2.43. The molecule has 1 fully saturated rings. The van der Waals surface area contributed by atoms with E-state index < -0.39 is 0 Å². The van der Waals surface area contributed by atoms with E-state index in [-0.39, 0.29) is 5.60 Å². The van der Waals surface area contributed by atoms with Gasteiger partial charge in [0.25, 0.3) is 0 Å². The first-order valence-electron chi connectivity index (χ1n) is 8.25. The molecule has 3 unspecified atom stereocenters. The van der Waals surface area contributed by atoms with Gasteiger partial charge in [-0.15, -0.1) is 0 Å². The van der Waals surface area contributed by atoms with Gasteiger partial charge in [-0.3, -0.25) is 0 Å². The summed E-state index contributed by atoms with van der Waals surface area (Å²) in [5.41, 5.74) is -0.360. The molecule has 1 nitrogen and oxygen atoms in total. The lowest BCUT2D eigenvalue weighted by Crippen LogP contribution is -2.44. The Hall–Kier alpha value is -0.0400. The van der Waals surface area contributed by atoms with Crippen LogP contribution in [0.5, 0.6) is 0 Å². The van der Waals surface area contributed by atoms with Crippen molar-refractivity contribution in [3.63, 3.8) is 0 Å². The minimum Gasteiger partial charge on any atom is -0.390 e. The van der Waals surface area contributed by atoms with Crippen LogP contribution in [0, 0.1) is 17.8 Å². The van der Waals surface area contributed by atoms with Crippen molar-refractivity contribution < 1.29 is 5.11 Å². The number of rotatable bonds is 7. The van der Waals surface area contributed by atoms with Gasteiger partial charge >= 0.3 is 0 Å². The molecule has 1 rings (SSSR count). The highest BCUT2D eigenvalue weighted by molar-refractivity contribution is 4.92. The molecule has 0 heterocycles. The number of hydrogen-bond acceptors (Lipinski definition) is 1. The molecular formula is C17H34O. The standard InChI is InChI=1S/C17H34O/c1-5-7-10-15(6-2)13-17(18)12-9-8-11-16(17)14(3)4/h14-16,18H,5-13H2,1-4H3. The second kappa shape index (κ2) is 7.53. The number of aliphatic hydroxyl groups is 1. The van der Waals surface area contributed by atoms with E-state index in [4.69, 9.17) is 0 Å². The second-order valence-corrected chi connectivity index (χ2v) is 6.82. The Labute approximate surface area is 114 Å². The maximum absolute atomic E-state index is 11.1. The first-order chi connectivity index (χ1) is 8.53. The Morgan fingerprint density at radius 1 is 1.22 bits per heavy atom. The smallest absolute Gasteiger partial charge is 0.0680 e. The van der Waals surface area contributed by atoms with E-state index >= 15 is 0 Å². The van der Waals surface area contributed by atoms with Crippen molar-refractivity contribution in [2.45, 2.75) is 91.1 Å². The van der Waals surface area contributed by atoms with Crippen LogP contribution >= 0.6 is 0 Å². The molecular weight excluding hydrogens is 220 g/mol. The molecule has 108 valence electrons. The topological polar surface area (TPSA) is 20.2 Å². The van der Waals surface area contributed by atoms with Gasteiger partial charge in [-0.25, -0.2) is 0 Å². The third-order valence-corrected chi connectivity index (χ3v) is 5.06. The molecule has 1 heteroatoms. The Morgan fingerprint density at radius 3 is 2.50 bits per heavy atom. The summed E-state index contributed by atoms with van der Waals surface area (Å²) in [5, 5.41) is 11.1. The number of hydrogen-bond donors (Lipinski definition) is 1. The lowest BCUT2D eigenvalue weighted by atomic mass is 9.66. The van der Waals surface area contributed by atoms with Crippen LogP contribution < -0.4 is 0 Å². The Bertz CT molecular complexity index is 224. The maximum atomic E-state index is 11.1. The van der Waals surface area contributed by atoms with Crippen LogP contribution in [-0.4, -0.2) is 10.7 Å². The van der Waals surface area contributed by atoms with E-state index in [0.717, 1.165) is 18.8 Å². The minimum absolute atomic E-state index is 0.360. The van der Waals surface area contributed by atoms with E-state index in [9.17, 15) is 5.11 Å². The van der Waals surface area contributed by atoms with E-state index in [1.54, 1.807) is 0 Å². The summed E-state index contributed by atoms with van der Waals surface area (Å²) in [6.07, 6.45) is 11.0. The molecule has 3 atom stereocenters. The SMILES string of the molecule is CCCCC(CC)CC1(O)CCCCC1C(C)C. The van der Waals surface area contributed by atoms with Gasteiger partial charge in [0.15, 0.2) is 0 Å². The molecule has 1 saturated carbocycles. The monoisotopic (exact) mass is 254 g/mol. The van der Waals surface area contributed by atoms with Gasteiger partial charge < -0.3 is 5.11 Å². The van der Waals surface area contributed by atoms with Crippen molar-refractivity contribution in [3.8, 4) is 0 Å². The van der Waals surface area contributed by atoms with Crippen LogP contribution in [0.2, 0.25) is 0 Å². The van der Waals surface area contributed by atoms with E-state index in [2.05, 4.69) is 27.7 Å². The average molecular weight is 254 g/mol. The van der Waals surface area contributed by atoms with Gasteiger partial charge in [0, 0.05) is 0 Å². The summed E-state index contributed by atoms with van der Waals surface area (Å²) < 4.78 is 0. The fourth-order valence-electron chi connectivity index (χ4n) is 3.90. The predicted molar refractivity (Wildman–Crippen MR) is 79.7 cm³/mol. The van der Waals surface area contributed by atoms with Crippen LogP contribution in [0.25, 0.3) is 0 Å². The maximum Gasteiger partial charge on any atom is 0.0680 e. The third-order valence-electron chi connectivity index (χ3n) is 5.06. The van der Waals surface area contributed by atoms with Gasteiger partial charge in [-0.1, -0.05) is 66.2 Å². The van der Waals surface area contributed by atoms with Gasteiger partial charge in [-0.2, -0.15) is 0 Å². The molecule has 1 N–H and O–H groups in total. The van der Waals surface area contributed by atoms with Crippen LogP contribution in [0.4, 0.5) is 0 Å². The number of unbranched alkanes of at least 4 members (excludes halogenated alkanes) is 1. The molecule has 1 aliphatic rings. The highest BCUT2D eigenvalue weighted by Gasteiger charge is 2.41.